The Hall–Kier alpha value is -2.34. The summed E-state index contributed by atoms with van der Waals surface area (Å²) in [7, 11) is 0. The molecule has 0 aliphatic heterocycles. The van der Waals surface area contributed by atoms with E-state index < -0.39 is 0 Å². The number of carbonyl (C=O) groups is 1. The molecule has 1 amide bonds. The summed E-state index contributed by atoms with van der Waals surface area (Å²) >= 11 is 0. The minimum Gasteiger partial charge on any atom is -0.491 e. The van der Waals surface area contributed by atoms with Crippen LogP contribution >= 0.6 is 0 Å². The van der Waals surface area contributed by atoms with Gasteiger partial charge < -0.3 is 15.2 Å². The molecule has 3 rings (SSSR count). The SMILES string of the molecule is O=C(Nc1ccc(OCCO)cc1)c1n[nH]c2c1CCC2. The highest BCUT2D eigenvalue weighted by atomic mass is 16.5. The van der Waals surface area contributed by atoms with Gasteiger partial charge in [-0.25, -0.2) is 0 Å². The monoisotopic (exact) mass is 287 g/mol. The van der Waals surface area contributed by atoms with E-state index in [-0.39, 0.29) is 19.1 Å². The number of aryl methyl sites for hydroxylation is 1. The summed E-state index contributed by atoms with van der Waals surface area (Å²) in [5.41, 5.74) is 3.29. The fourth-order valence-corrected chi connectivity index (χ4v) is 2.50. The lowest BCUT2D eigenvalue weighted by Gasteiger charge is -2.07. The lowest BCUT2D eigenvalue weighted by Crippen LogP contribution is -2.14. The number of carbonyl (C=O) groups excluding carboxylic acids is 1. The van der Waals surface area contributed by atoms with Gasteiger partial charge in [0.15, 0.2) is 5.69 Å². The maximum Gasteiger partial charge on any atom is 0.276 e. The number of nitrogens with one attached hydrogen (secondary N) is 2. The predicted molar refractivity (Wildman–Crippen MR) is 77.6 cm³/mol. The molecule has 0 atom stereocenters. The second-order valence-corrected chi connectivity index (χ2v) is 4.93. The van der Waals surface area contributed by atoms with Crippen LogP contribution in [-0.2, 0) is 12.8 Å². The molecular weight excluding hydrogens is 270 g/mol. The minimum atomic E-state index is -0.196. The van der Waals surface area contributed by atoms with Crippen LogP contribution in [0.4, 0.5) is 5.69 Å². The molecule has 0 saturated carbocycles. The van der Waals surface area contributed by atoms with Gasteiger partial charge in [-0.1, -0.05) is 0 Å². The Kier molecular flexibility index (Phi) is 3.87. The van der Waals surface area contributed by atoms with Crippen LogP contribution in [0.5, 0.6) is 5.75 Å². The van der Waals surface area contributed by atoms with E-state index in [0.717, 1.165) is 30.5 Å². The quantitative estimate of drug-likeness (QED) is 0.778. The molecule has 1 aliphatic rings. The molecule has 1 heterocycles. The summed E-state index contributed by atoms with van der Waals surface area (Å²) in [5.74, 6) is 0.459. The van der Waals surface area contributed by atoms with E-state index in [1.807, 2.05) is 0 Å². The zero-order valence-corrected chi connectivity index (χ0v) is 11.6. The lowest BCUT2D eigenvalue weighted by atomic mass is 10.2. The van der Waals surface area contributed by atoms with E-state index in [2.05, 4.69) is 15.5 Å². The number of aromatic amines is 1. The van der Waals surface area contributed by atoms with Gasteiger partial charge >= 0.3 is 0 Å². The smallest absolute Gasteiger partial charge is 0.276 e. The Bertz CT molecular complexity index is 634. The summed E-state index contributed by atoms with van der Waals surface area (Å²) in [4.78, 5) is 12.2. The molecule has 0 radical (unpaired) electrons. The van der Waals surface area contributed by atoms with Crippen LogP contribution in [0.25, 0.3) is 0 Å². The van der Waals surface area contributed by atoms with Gasteiger partial charge in [0.1, 0.15) is 12.4 Å². The van der Waals surface area contributed by atoms with Crippen LogP contribution in [0, 0.1) is 0 Å². The Labute approximate surface area is 122 Å². The minimum absolute atomic E-state index is 0.0250. The van der Waals surface area contributed by atoms with Crippen molar-refractivity contribution in [2.45, 2.75) is 19.3 Å². The van der Waals surface area contributed by atoms with Crippen molar-refractivity contribution in [3.05, 3.63) is 41.2 Å². The number of fused-ring (bicyclic) bond motifs is 1. The zero-order chi connectivity index (χ0) is 14.7. The average Bonchev–Trinajstić information content (AvgIpc) is 3.09. The first kappa shape index (κ1) is 13.6. The fraction of sp³-hybridized carbons (Fsp3) is 0.333. The van der Waals surface area contributed by atoms with E-state index in [0.29, 0.717) is 17.1 Å². The average molecular weight is 287 g/mol. The molecule has 110 valence electrons. The van der Waals surface area contributed by atoms with E-state index in [1.165, 1.54) is 0 Å². The molecule has 0 fully saturated rings. The van der Waals surface area contributed by atoms with Gasteiger partial charge in [-0.2, -0.15) is 5.10 Å². The van der Waals surface area contributed by atoms with Gasteiger partial charge in [0, 0.05) is 16.9 Å². The van der Waals surface area contributed by atoms with Crippen LogP contribution in [0.2, 0.25) is 0 Å². The number of rotatable bonds is 5. The molecule has 6 nitrogen and oxygen atoms in total. The van der Waals surface area contributed by atoms with Crippen molar-refractivity contribution in [2.75, 3.05) is 18.5 Å². The normalized spacial score (nSPS) is 13.0. The number of hydrogen-bond donors (Lipinski definition) is 3. The Balaban J connectivity index is 1.67. The number of anilines is 1. The van der Waals surface area contributed by atoms with E-state index in [9.17, 15) is 4.79 Å². The van der Waals surface area contributed by atoms with Crippen LogP contribution in [0.3, 0.4) is 0 Å². The van der Waals surface area contributed by atoms with Crippen molar-refractivity contribution >= 4 is 11.6 Å². The number of aromatic nitrogens is 2. The maximum atomic E-state index is 12.2. The highest BCUT2D eigenvalue weighted by molar-refractivity contribution is 6.04. The van der Waals surface area contributed by atoms with Gasteiger partial charge in [0.2, 0.25) is 0 Å². The molecule has 0 saturated heterocycles. The highest BCUT2D eigenvalue weighted by Crippen LogP contribution is 2.23. The third-order valence-electron chi connectivity index (χ3n) is 3.49. The van der Waals surface area contributed by atoms with Gasteiger partial charge in [0.05, 0.1) is 6.61 Å². The predicted octanol–water partition coefficient (Wildman–Crippen LogP) is 1.52. The third-order valence-corrected chi connectivity index (χ3v) is 3.49. The summed E-state index contributed by atoms with van der Waals surface area (Å²) in [5, 5.41) is 18.6. The number of H-pyrrole nitrogens is 1. The van der Waals surface area contributed by atoms with Crippen LogP contribution < -0.4 is 10.1 Å². The van der Waals surface area contributed by atoms with Crippen LogP contribution in [0.15, 0.2) is 24.3 Å². The molecule has 1 aliphatic carbocycles. The Morgan fingerprint density at radius 1 is 1.33 bits per heavy atom. The lowest BCUT2D eigenvalue weighted by molar-refractivity contribution is 0.102. The Morgan fingerprint density at radius 3 is 2.90 bits per heavy atom. The summed E-state index contributed by atoms with van der Waals surface area (Å²) in [6.07, 6.45) is 2.94. The third kappa shape index (κ3) is 2.90. The molecule has 3 N–H and O–H groups in total. The fourth-order valence-electron chi connectivity index (χ4n) is 2.50. The van der Waals surface area contributed by atoms with Gasteiger partial charge in [-0.15, -0.1) is 0 Å². The Morgan fingerprint density at radius 2 is 2.14 bits per heavy atom. The summed E-state index contributed by atoms with van der Waals surface area (Å²) in [6, 6.07) is 7.02. The van der Waals surface area contributed by atoms with Crippen molar-refractivity contribution in [1.82, 2.24) is 10.2 Å². The second kappa shape index (κ2) is 5.97. The topological polar surface area (TPSA) is 87.2 Å². The van der Waals surface area contributed by atoms with Gasteiger partial charge in [-0.3, -0.25) is 9.89 Å². The largest absolute Gasteiger partial charge is 0.491 e. The molecule has 0 spiro atoms. The number of aliphatic hydroxyl groups is 1. The molecule has 0 unspecified atom stereocenters. The number of benzene rings is 1. The number of amides is 1. The van der Waals surface area contributed by atoms with Crippen molar-refractivity contribution in [2.24, 2.45) is 0 Å². The van der Waals surface area contributed by atoms with E-state index >= 15 is 0 Å². The molecule has 0 bridgehead atoms. The first-order chi connectivity index (χ1) is 10.3. The van der Waals surface area contributed by atoms with Gasteiger partial charge in [0.25, 0.3) is 5.91 Å². The molecular formula is C15H17N3O3. The summed E-state index contributed by atoms with van der Waals surface area (Å²) < 4.78 is 5.27. The van der Waals surface area contributed by atoms with Gasteiger partial charge in [-0.05, 0) is 43.5 Å². The van der Waals surface area contributed by atoms with E-state index in [1.54, 1.807) is 24.3 Å². The summed E-state index contributed by atoms with van der Waals surface area (Å²) in [6.45, 7) is 0.230. The van der Waals surface area contributed by atoms with Crippen LogP contribution in [-0.4, -0.2) is 34.4 Å². The molecule has 6 heteroatoms. The first-order valence-corrected chi connectivity index (χ1v) is 6.99. The zero-order valence-electron chi connectivity index (χ0n) is 11.6. The van der Waals surface area contributed by atoms with Crippen LogP contribution in [0.1, 0.15) is 28.2 Å². The molecule has 2 aromatic rings. The molecule has 1 aromatic carbocycles. The second-order valence-electron chi connectivity index (χ2n) is 4.93. The van der Waals surface area contributed by atoms with Crippen molar-refractivity contribution in [3.8, 4) is 5.75 Å². The van der Waals surface area contributed by atoms with Crippen molar-refractivity contribution < 1.29 is 14.6 Å². The molecule has 1 aromatic heterocycles. The number of aliphatic hydroxyl groups excluding tert-OH is 1. The maximum absolute atomic E-state index is 12.2. The number of hydrogen-bond acceptors (Lipinski definition) is 4. The highest BCUT2D eigenvalue weighted by Gasteiger charge is 2.22. The molecule has 21 heavy (non-hydrogen) atoms. The number of ether oxygens (including phenoxy) is 1. The van der Waals surface area contributed by atoms with E-state index in [4.69, 9.17) is 9.84 Å². The van der Waals surface area contributed by atoms with Crippen molar-refractivity contribution in [3.63, 3.8) is 0 Å². The van der Waals surface area contributed by atoms with Crippen molar-refractivity contribution in [1.29, 1.82) is 0 Å². The first-order valence-electron chi connectivity index (χ1n) is 6.99. The standard InChI is InChI=1S/C15H17N3O3/c19-8-9-21-11-6-4-10(5-7-11)16-15(20)14-12-2-1-3-13(12)17-18-14/h4-7,19H,1-3,8-9H2,(H,16,20)(H,17,18). The number of nitrogens with zero attached hydrogens (tertiary/aromatic N) is 1.